The van der Waals surface area contributed by atoms with Gasteiger partial charge in [-0.2, -0.15) is 0 Å². The van der Waals surface area contributed by atoms with Crippen molar-refractivity contribution < 1.29 is 88.1 Å². The lowest BCUT2D eigenvalue weighted by Gasteiger charge is -2.37. The summed E-state index contributed by atoms with van der Waals surface area (Å²) in [5, 5.41) is 85.6. The summed E-state index contributed by atoms with van der Waals surface area (Å²) in [4.78, 5) is 64.7. The Balaban J connectivity index is 0.000000190. The van der Waals surface area contributed by atoms with Crippen molar-refractivity contribution in [1.29, 1.82) is 0 Å². The zero-order valence-electron chi connectivity index (χ0n) is 65.0. The first kappa shape index (κ1) is 91.9. The van der Waals surface area contributed by atoms with Gasteiger partial charge in [0.2, 0.25) is 0 Å². The quantitative estimate of drug-likeness (QED) is 0.0465. The number of aliphatic hydroxyl groups excluding tert-OH is 6. The van der Waals surface area contributed by atoms with Crippen LogP contribution < -0.4 is 26.6 Å². The number of halogens is 2. The van der Waals surface area contributed by atoms with Crippen LogP contribution in [0.25, 0.3) is 0 Å². The molecule has 0 saturated carbocycles. The SMILES string of the molecule is C=C1NC(=O)C=CN1[C@@H]1O[C@@]2(CCP(=C)(C)C)CCO[C@@H]1[C@@H]2O.C=C1NC(=O)C=CN1[C@@H]1O[C@H](CCP(=C)(C)C)[C@@H](O)[C@H]1Cl.C=C1NC(=O)C=CN1[C@@H]1O[C@H](CCP(=C)(C)C)[C@@H](O)[C@H]1I.C=C1NC(=O)C=CN1[C@@H]1O[C@H](CCP(=C)(C)C)[C@@H](O)[C@]1(C)O.C=C1NC(=O)C=CN1[C@@H]1O[C@](C)(CCP(=C)(C)C)[C@@H](O)[C@H]1O. The van der Waals surface area contributed by atoms with E-state index in [1.807, 2.05) is 0 Å². The Labute approximate surface area is 662 Å². The molecule has 35 heteroatoms. The average molecular weight is 1750 g/mol. The first-order valence-corrected chi connectivity index (χ1v) is 52.8. The molecule has 0 aromatic carbocycles. The van der Waals surface area contributed by atoms with Crippen LogP contribution in [0.15, 0.2) is 123 Å². The first-order chi connectivity index (χ1) is 50.1. The number of hydrogen-bond donors (Lipinski definition) is 12. The second-order valence-electron chi connectivity index (χ2n) is 33.0. The van der Waals surface area contributed by atoms with Gasteiger partial charge in [-0.3, -0.25) is 24.0 Å². The first-order valence-electron chi connectivity index (χ1n) is 35.9. The van der Waals surface area contributed by atoms with Crippen molar-refractivity contribution in [3.05, 3.63) is 123 Å². The van der Waals surface area contributed by atoms with Gasteiger partial charge in [0.15, 0.2) is 24.9 Å². The monoisotopic (exact) mass is 1750 g/mol. The molecule has 6 fully saturated rings. The number of nitrogens with zero attached hydrogens (tertiary/aromatic N) is 5. The van der Waals surface area contributed by atoms with Gasteiger partial charge in [0.1, 0.15) is 88.5 Å². The van der Waals surface area contributed by atoms with Gasteiger partial charge in [-0.25, -0.2) is 0 Å². The van der Waals surface area contributed by atoms with E-state index in [4.69, 9.17) is 40.0 Å². The second-order valence-corrected chi connectivity index (χ2v) is 56.6. The average Bonchev–Trinajstić information content (AvgIpc) is 1.59. The van der Waals surface area contributed by atoms with Crippen molar-refractivity contribution in [2.45, 2.75) is 171 Å². The number of fused-ring (bicyclic) bond motifs is 2. The highest BCUT2D eigenvalue weighted by Crippen LogP contribution is 2.49. The Bertz CT molecular complexity index is 3780. The van der Waals surface area contributed by atoms with Gasteiger partial charge in [-0.1, -0.05) is 55.5 Å². The maximum Gasteiger partial charge on any atom is 0.250 e. The maximum atomic E-state index is 11.4. The molecule has 0 unspecified atom stereocenters. The highest BCUT2D eigenvalue weighted by Gasteiger charge is 2.60. The van der Waals surface area contributed by atoms with Gasteiger partial charge in [-0.15, -0.1) is 77.5 Å². The lowest BCUT2D eigenvalue weighted by atomic mass is 9.87. The molecule has 12 N–H and O–H groups in total. The summed E-state index contributed by atoms with van der Waals surface area (Å²) in [6.45, 7) is 38.4. The van der Waals surface area contributed by atoms with Crippen LogP contribution in [-0.2, 0) is 52.4 Å². The van der Waals surface area contributed by atoms with Crippen molar-refractivity contribution in [3.63, 3.8) is 0 Å². The van der Waals surface area contributed by atoms with Crippen molar-refractivity contribution in [3.8, 4) is 0 Å². The van der Waals surface area contributed by atoms with E-state index in [9.17, 15) is 59.7 Å². The third-order valence-electron chi connectivity index (χ3n) is 19.9. The predicted molar refractivity (Wildman–Crippen MR) is 454 cm³/mol. The topological polar surface area (TPSA) is 359 Å². The molecule has 20 atom stereocenters. The number of aliphatic hydroxyl groups is 7. The smallest absolute Gasteiger partial charge is 0.250 e. The van der Waals surface area contributed by atoms with Crippen LogP contribution in [-0.4, -0.2) is 344 Å². The van der Waals surface area contributed by atoms with E-state index in [0.717, 1.165) is 50.1 Å². The van der Waals surface area contributed by atoms with Gasteiger partial charge in [0.05, 0.1) is 40.5 Å². The summed E-state index contributed by atoms with van der Waals surface area (Å²) in [5.41, 5.74) is -2.92. The molecule has 11 aliphatic rings. The lowest BCUT2D eigenvalue weighted by Crippen LogP contribution is -2.53. The van der Waals surface area contributed by atoms with Crippen LogP contribution in [0.3, 0.4) is 0 Å². The maximum absolute atomic E-state index is 11.4. The molecular formula is C74H119ClIN10O18P5. The molecule has 0 aromatic heterocycles. The highest BCUT2D eigenvalue weighted by atomic mass is 127. The Morgan fingerprint density at radius 3 is 1.24 bits per heavy atom. The molecule has 11 rings (SSSR count). The standard InChI is InChI=1S/C16H25N2O4P.2C15H25N2O4P.C14H22ClN2O3P.C14H22IN2O3P/c1-11-17-12(19)5-8-18(11)15-13-14(20)16(22-15,6-9-21-13)7-10-23(2,3)4;1-10-16-12(18)6-8-17(10)14-15(2,20)13(19)11(21-14)7-9-22(3,4)5;1-10-16-11(18)6-8-17(10)14-12(19)13(20)15(2,21-14)7-9-22(3,4)5;2*1-9-16-11(18)5-7-17(9)14-12(15)13(19)10(20-14)6-8-21(2,3)4/h5,8,13-15,20H,1-2,6-7,9-10H2,3-4H3,(H,17,19);6,8,11,13-14,19-20H,1,3,7,9H2,2,4-5H3,(H,16,18);6,8,12-14,19-20H,1,3,7,9H2,2,4-5H3,(H,16,18);2*5,7,10,12-14,19H,1-2,6,8H2,3-4H3,(H,16,18)/t13-,14+,15-,16-;11-,13-,14-,15+;12-,13+,14-,15-;2*10-,12-,13-,14-/m11111/s1. The number of alkyl halides is 2. The van der Waals surface area contributed by atoms with Crippen LogP contribution in [0.5, 0.6) is 0 Å². The predicted octanol–water partition coefficient (Wildman–Crippen LogP) is 4.01. The zero-order valence-corrected chi connectivity index (χ0v) is 72.4. The van der Waals surface area contributed by atoms with Gasteiger partial charge in [-0.05, 0) is 143 Å². The van der Waals surface area contributed by atoms with E-state index in [2.05, 4.69) is 180 Å². The molecule has 0 spiro atoms. The minimum Gasteiger partial charge on any atom is -0.389 e. The van der Waals surface area contributed by atoms with Crippen molar-refractivity contribution in [1.82, 2.24) is 51.1 Å². The Kier molecular flexibility index (Phi) is 31.0. The van der Waals surface area contributed by atoms with Crippen LogP contribution >= 0.6 is 68.6 Å². The van der Waals surface area contributed by atoms with Crippen LogP contribution in [0.1, 0.15) is 52.4 Å². The van der Waals surface area contributed by atoms with Crippen molar-refractivity contribution >= 4 is 130 Å². The van der Waals surface area contributed by atoms with Gasteiger partial charge >= 0.3 is 0 Å². The van der Waals surface area contributed by atoms with E-state index < -0.39 is 130 Å². The summed E-state index contributed by atoms with van der Waals surface area (Å²) >= 11 is 8.50. The Morgan fingerprint density at radius 1 is 0.468 bits per heavy atom. The summed E-state index contributed by atoms with van der Waals surface area (Å²) in [6, 6.07) is 0. The summed E-state index contributed by atoms with van der Waals surface area (Å²) in [7, 11) is 0. The molecule has 0 radical (unpaired) electrons. The normalized spacial score (nSPS) is 35.2. The second kappa shape index (κ2) is 36.7. The highest BCUT2D eigenvalue weighted by molar-refractivity contribution is 14.1. The van der Waals surface area contributed by atoms with Crippen molar-refractivity contribution in [2.24, 2.45) is 0 Å². The summed E-state index contributed by atoms with van der Waals surface area (Å²) in [6.07, 6.45) is 35.1. The summed E-state index contributed by atoms with van der Waals surface area (Å²) in [5.74, 6) is 0.746. The number of nitrogens with one attached hydrogen (secondary N) is 5. The van der Waals surface area contributed by atoms with Crippen molar-refractivity contribution in [2.75, 3.05) is 104 Å². The van der Waals surface area contributed by atoms with E-state index >= 15 is 0 Å². The molecule has 109 heavy (non-hydrogen) atoms. The van der Waals surface area contributed by atoms with Gasteiger partial charge in [0.25, 0.3) is 29.5 Å². The minimum atomic E-state index is -1.47. The fourth-order valence-electron chi connectivity index (χ4n) is 13.3. The fourth-order valence-corrected chi connectivity index (χ4v) is 19.6. The molecule has 0 aliphatic carbocycles. The number of ether oxygens (including phenoxy) is 6. The number of rotatable bonds is 20. The van der Waals surface area contributed by atoms with E-state index in [-0.39, 0.29) is 51.9 Å². The molecule has 28 nitrogen and oxygen atoms in total. The fraction of sp³-hybridized carbons (Fsp3) is 0.595. The van der Waals surface area contributed by atoms with Gasteiger partial charge in [0, 0.05) is 67.8 Å². The van der Waals surface area contributed by atoms with E-state index in [1.165, 1.54) is 59.5 Å². The molecular weight excluding hydrogens is 1630 g/mol. The molecule has 2 bridgehead atoms. The molecule has 11 aliphatic heterocycles. The molecule has 0 aromatic rings. The van der Waals surface area contributed by atoms with Crippen LogP contribution in [0.2, 0.25) is 0 Å². The van der Waals surface area contributed by atoms with Crippen LogP contribution in [0.4, 0.5) is 0 Å². The minimum absolute atomic E-state index is 0.0877. The molecule has 11 heterocycles. The van der Waals surface area contributed by atoms with E-state index in [0.29, 0.717) is 55.0 Å². The Hall–Kier alpha value is -4.25. The molecule has 6 saturated heterocycles. The largest absolute Gasteiger partial charge is 0.389 e. The lowest BCUT2D eigenvalue weighted by molar-refractivity contribution is -0.126. The summed E-state index contributed by atoms with van der Waals surface area (Å²) < 4.78 is 35.8. The van der Waals surface area contributed by atoms with E-state index in [1.54, 1.807) is 40.2 Å². The third-order valence-corrected chi connectivity index (χ3v) is 29.0. The van der Waals surface area contributed by atoms with Gasteiger partial charge < -0.3 is 115 Å². The zero-order chi connectivity index (χ0) is 81.8. The molecule has 5 amide bonds. The van der Waals surface area contributed by atoms with Crippen LogP contribution in [0, 0.1) is 0 Å². The number of carbonyl (C=O) groups excluding carboxylic acids is 5. The number of carbonyl (C=O) groups is 5. The third kappa shape index (κ3) is 24.4. The number of hydrogen-bond acceptors (Lipinski definition) is 23. The Morgan fingerprint density at radius 2 is 0.826 bits per heavy atom. The molecule has 612 valence electrons. The number of amides is 5.